The summed E-state index contributed by atoms with van der Waals surface area (Å²) in [6, 6.07) is 15.7. The van der Waals surface area contributed by atoms with Crippen LogP contribution in [0.2, 0.25) is 0 Å². The molecule has 2 aromatic rings. The summed E-state index contributed by atoms with van der Waals surface area (Å²) in [6.07, 6.45) is 1.67. The molecule has 6 heteroatoms. The maximum absolute atomic E-state index is 12.2. The Bertz CT molecular complexity index is 683. The van der Waals surface area contributed by atoms with E-state index in [4.69, 9.17) is 8.37 Å². The molecule has 142 valence electrons. The lowest BCUT2D eigenvalue weighted by atomic mass is 9.97. The lowest BCUT2D eigenvalue weighted by Crippen LogP contribution is -2.05. The minimum absolute atomic E-state index is 0.333. The summed E-state index contributed by atoms with van der Waals surface area (Å²) < 4.78 is 35.0. The lowest BCUT2D eigenvalue weighted by molar-refractivity contribution is 0.346. The Kier molecular flexibility index (Phi) is 9.18. The molecule has 0 spiro atoms. The van der Waals surface area contributed by atoms with Crippen molar-refractivity contribution in [2.45, 2.75) is 38.2 Å². The minimum atomic E-state index is -1.36. The van der Waals surface area contributed by atoms with Crippen molar-refractivity contribution in [1.82, 2.24) is 0 Å². The zero-order valence-electron chi connectivity index (χ0n) is 15.3. The average molecular weight is 395 g/mol. The van der Waals surface area contributed by atoms with Crippen LogP contribution in [-0.2, 0) is 42.0 Å². The van der Waals surface area contributed by atoms with E-state index in [0.717, 1.165) is 35.1 Å². The smallest absolute Gasteiger partial charge is 0.160 e. The Balaban J connectivity index is 2.26. The molecule has 0 aliphatic carbocycles. The Morgan fingerprint density at radius 3 is 1.46 bits per heavy atom. The van der Waals surface area contributed by atoms with Crippen LogP contribution in [0.3, 0.4) is 0 Å². The van der Waals surface area contributed by atoms with Gasteiger partial charge in [-0.1, -0.05) is 62.4 Å². The molecule has 0 saturated carbocycles. The normalized spacial score (nSPS) is 13.5. The monoisotopic (exact) mass is 394 g/mol. The van der Waals surface area contributed by atoms with Crippen molar-refractivity contribution < 1.29 is 16.8 Å². The lowest BCUT2D eigenvalue weighted by Gasteiger charge is -2.14. The van der Waals surface area contributed by atoms with Gasteiger partial charge in [0.2, 0.25) is 0 Å². The molecule has 0 aromatic heterocycles. The molecule has 0 radical (unpaired) electrons. The van der Waals surface area contributed by atoms with Crippen molar-refractivity contribution in [1.29, 1.82) is 0 Å². The SMILES string of the molecule is CCCOS(=O)Cc1ccccc1-c1ccccc1CS(=O)OCCC. The summed E-state index contributed by atoms with van der Waals surface area (Å²) in [5, 5.41) is 0. The summed E-state index contributed by atoms with van der Waals surface area (Å²) in [7, 11) is 0. The third-order valence-corrected chi connectivity index (χ3v) is 5.66. The zero-order chi connectivity index (χ0) is 18.8. The molecule has 0 heterocycles. The van der Waals surface area contributed by atoms with Crippen LogP contribution >= 0.6 is 0 Å². The van der Waals surface area contributed by atoms with Gasteiger partial charge in [-0.05, 0) is 35.1 Å². The van der Waals surface area contributed by atoms with Crippen molar-refractivity contribution in [2.24, 2.45) is 0 Å². The molecule has 0 aliphatic heterocycles. The first kappa shape index (κ1) is 21.0. The molecular formula is C20H26O4S2. The first-order chi connectivity index (χ1) is 12.7. The second-order valence-corrected chi connectivity index (χ2v) is 8.12. The van der Waals surface area contributed by atoms with E-state index < -0.39 is 22.2 Å². The molecule has 0 bridgehead atoms. The predicted molar refractivity (Wildman–Crippen MR) is 108 cm³/mol. The standard InChI is InChI=1S/C20H26O4S2/c1-3-13-23-25(21)15-17-9-5-7-11-19(17)20-12-8-6-10-18(20)16-26(22)24-14-4-2/h5-12H,3-4,13-16H2,1-2H3. The van der Waals surface area contributed by atoms with E-state index in [2.05, 4.69) is 0 Å². The van der Waals surface area contributed by atoms with Gasteiger partial charge in [0.25, 0.3) is 0 Å². The highest BCUT2D eigenvalue weighted by molar-refractivity contribution is 7.79. The molecule has 2 aromatic carbocycles. The fourth-order valence-corrected chi connectivity index (χ4v) is 4.39. The summed E-state index contributed by atoms with van der Waals surface area (Å²) in [5.74, 6) is 0.667. The van der Waals surface area contributed by atoms with Crippen molar-refractivity contribution in [2.75, 3.05) is 13.2 Å². The van der Waals surface area contributed by atoms with Crippen LogP contribution in [-0.4, -0.2) is 21.6 Å². The number of benzene rings is 2. The van der Waals surface area contributed by atoms with Gasteiger partial charge in [-0.25, -0.2) is 8.42 Å². The zero-order valence-corrected chi connectivity index (χ0v) is 16.9. The van der Waals surface area contributed by atoms with Gasteiger partial charge >= 0.3 is 0 Å². The van der Waals surface area contributed by atoms with Crippen LogP contribution in [0.25, 0.3) is 11.1 Å². The van der Waals surface area contributed by atoms with E-state index in [1.54, 1.807) is 0 Å². The molecule has 2 atom stereocenters. The van der Waals surface area contributed by atoms with Gasteiger partial charge in [-0.3, -0.25) is 8.37 Å². The molecule has 0 aliphatic rings. The maximum atomic E-state index is 12.2. The molecule has 2 unspecified atom stereocenters. The Labute approximate surface area is 161 Å². The maximum Gasteiger partial charge on any atom is 0.160 e. The van der Waals surface area contributed by atoms with E-state index in [9.17, 15) is 8.42 Å². The molecule has 0 N–H and O–H groups in total. The van der Waals surface area contributed by atoms with Gasteiger partial charge in [0.05, 0.1) is 24.7 Å². The van der Waals surface area contributed by atoms with Gasteiger partial charge in [-0.2, -0.15) is 0 Å². The van der Waals surface area contributed by atoms with Gasteiger partial charge in [-0.15, -0.1) is 0 Å². The molecule has 26 heavy (non-hydrogen) atoms. The van der Waals surface area contributed by atoms with E-state index in [1.807, 2.05) is 62.4 Å². The quantitative estimate of drug-likeness (QED) is 0.562. The van der Waals surface area contributed by atoms with Gasteiger partial charge < -0.3 is 0 Å². The minimum Gasteiger partial charge on any atom is -0.290 e. The Hall–Kier alpha value is -1.34. The van der Waals surface area contributed by atoms with Crippen molar-refractivity contribution in [3.05, 3.63) is 59.7 Å². The third kappa shape index (κ3) is 6.43. The number of hydrogen-bond acceptors (Lipinski definition) is 4. The second-order valence-electron chi connectivity index (χ2n) is 5.85. The fourth-order valence-electron chi connectivity index (χ4n) is 2.51. The van der Waals surface area contributed by atoms with Crippen LogP contribution < -0.4 is 0 Å². The van der Waals surface area contributed by atoms with Gasteiger partial charge in [0, 0.05) is 0 Å². The molecule has 4 nitrogen and oxygen atoms in total. The largest absolute Gasteiger partial charge is 0.290 e. The molecule has 0 saturated heterocycles. The van der Waals surface area contributed by atoms with Gasteiger partial charge in [0.1, 0.15) is 0 Å². The average Bonchev–Trinajstić information content (AvgIpc) is 2.66. The Morgan fingerprint density at radius 1 is 0.692 bits per heavy atom. The highest BCUT2D eigenvalue weighted by Gasteiger charge is 2.13. The highest BCUT2D eigenvalue weighted by atomic mass is 32.2. The molecule has 0 amide bonds. The third-order valence-electron chi connectivity index (χ3n) is 3.71. The summed E-state index contributed by atoms with van der Waals surface area (Å²) >= 11 is -2.72. The number of hydrogen-bond donors (Lipinski definition) is 0. The second kappa shape index (κ2) is 11.4. The predicted octanol–water partition coefficient (Wildman–Crippen LogP) is 4.53. The first-order valence-corrected chi connectivity index (χ1v) is 11.3. The van der Waals surface area contributed by atoms with Crippen molar-refractivity contribution >= 4 is 22.2 Å². The van der Waals surface area contributed by atoms with Crippen molar-refractivity contribution in [3.8, 4) is 11.1 Å². The fraction of sp³-hybridized carbons (Fsp3) is 0.400. The molecule has 2 rings (SSSR count). The van der Waals surface area contributed by atoms with Crippen molar-refractivity contribution in [3.63, 3.8) is 0 Å². The highest BCUT2D eigenvalue weighted by Crippen LogP contribution is 2.29. The summed E-state index contributed by atoms with van der Waals surface area (Å²) in [6.45, 7) is 4.95. The van der Waals surface area contributed by atoms with E-state index in [0.29, 0.717) is 24.7 Å². The topological polar surface area (TPSA) is 52.6 Å². The van der Waals surface area contributed by atoms with Crippen LogP contribution in [0, 0.1) is 0 Å². The summed E-state index contributed by atoms with van der Waals surface area (Å²) in [5.41, 5.74) is 3.89. The number of rotatable bonds is 11. The van der Waals surface area contributed by atoms with E-state index in [1.165, 1.54) is 0 Å². The Morgan fingerprint density at radius 2 is 1.08 bits per heavy atom. The first-order valence-electron chi connectivity index (χ1n) is 8.85. The van der Waals surface area contributed by atoms with E-state index >= 15 is 0 Å². The van der Waals surface area contributed by atoms with Crippen LogP contribution in [0.5, 0.6) is 0 Å². The van der Waals surface area contributed by atoms with Crippen LogP contribution in [0.1, 0.15) is 37.8 Å². The van der Waals surface area contributed by atoms with Gasteiger partial charge in [0.15, 0.2) is 22.2 Å². The molecular weight excluding hydrogens is 368 g/mol. The van der Waals surface area contributed by atoms with E-state index in [-0.39, 0.29) is 0 Å². The van der Waals surface area contributed by atoms with Crippen LogP contribution in [0.15, 0.2) is 48.5 Å². The molecule has 0 fully saturated rings. The van der Waals surface area contributed by atoms with Crippen LogP contribution in [0.4, 0.5) is 0 Å². The summed E-state index contributed by atoms with van der Waals surface area (Å²) in [4.78, 5) is 0.